The number of hydrogen-bond donors (Lipinski definition) is 0. The van der Waals surface area contributed by atoms with Crippen molar-refractivity contribution in [2.24, 2.45) is 0 Å². The van der Waals surface area contributed by atoms with E-state index >= 15 is 0 Å². The van der Waals surface area contributed by atoms with Gasteiger partial charge in [0.1, 0.15) is 0 Å². The third-order valence-electron chi connectivity index (χ3n) is 4.30. The van der Waals surface area contributed by atoms with Gasteiger partial charge in [0.25, 0.3) is 0 Å². The van der Waals surface area contributed by atoms with E-state index in [1.165, 1.54) is 38.6 Å². The molecule has 0 bridgehead atoms. The highest BCUT2D eigenvalue weighted by Crippen LogP contribution is 2.34. The van der Waals surface area contributed by atoms with Crippen molar-refractivity contribution >= 4 is 37.7 Å². The molecule has 2 heteroatoms. The van der Waals surface area contributed by atoms with Gasteiger partial charge in [-0.25, -0.2) is 0 Å². The van der Waals surface area contributed by atoms with Crippen molar-refractivity contribution < 1.29 is 0 Å². The Hall–Kier alpha value is -2.06. The van der Waals surface area contributed by atoms with Crippen LogP contribution < -0.4 is 0 Å². The minimum atomic E-state index is 1.16. The van der Waals surface area contributed by atoms with Crippen molar-refractivity contribution in [2.75, 3.05) is 0 Å². The zero-order valence-electron chi connectivity index (χ0n) is 12.6. The highest BCUT2D eigenvalue weighted by atomic mass is 79.9. The van der Waals surface area contributed by atoms with Crippen molar-refractivity contribution in [3.05, 3.63) is 76.3 Å². The van der Waals surface area contributed by atoms with Crippen LogP contribution in [0.3, 0.4) is 0 Å². The first-order chi connectivity index (χ1) is 10.7. The molecule has 0 saturated heterocycles. The minimum Gasteiger partial charge on any atom is -0.309 e. The summed E-state index contributed by atoms with van der Waals surface area (Å²) >= 11 is 3.63. The average molecular weight is 350 g/mol. The van der Waals surface area contributed by atoms with Crippen LogP contribution in [0.2, 0.25) is 0 Å². The van der Waals surface area contributed by atoms with E-state index in [2.05, 4.69) is 95.0 Å². The first kappa shape index (κ1) is 13.6. The molecule has 0 aliphatic rings. The van der Waals surface area contributed by atoms with Crippen LogP contribution in [-0.4, -0.2) is 4.57 Å². The lowest BCUT2D eigenvalue weighted by Gasteiger charge is -2.13. The van der Waals surface area contributed by atoms with Gasteiger partial charge in [-0.05, 0) is 49.2 Å². The van der Waals surface area contributed by atoms with Crippen molar-refractivity contribution in [3.63, 3.8) is 0 Å². The maximum Gasteiger partial charge on any atom is 0.0541 e. The highest BCUT2D eigenvalue weighted by molar-refractivity contribution is 9.10. The van der Waals surface area contributed by atoms with E-state index in [9.17, 15) is 0 Å². The molecule has 1 nitrogen and oxygen atoms in total. The first-order valence-electron chi connectivity index (χ1n) is 7.42. The highest BCUT2D eigenvalue weighted by Gasteiger charge is 2.13. The number of aryl methyl sites for hydroxylation is 2. The summed E-state index contributed by atoms with van der Waals surface area (Å²) in [6.07, 6.45) is 0. The fourth-order valence-electron chi connectivity index (χ4n) is 3.19. The van der Waals surface area contributed by atoms with E-state index in [0.717, 1.165) is 4.47 Å². The van der Waals surface area contributed by atoms with Gasteiger partial charge in [-0.3, -0.25) is 0 Å². The molecule has 0 aliphatic carbocycles. The molecule has 108 valence electrons. The van der Waals surface area contributed by atoms with Gasteiger partial charge < -0.3 is 4.57 Å². The van der Waals surface area contributed by atoms with E-state index in [1.54, 1.807) is 0 Å². The molecule has 0 aliphatic heterocycles. The standard InChI is InChI=1S/C20H16BrN/c1-13-12-20(14(2)11-17(13)21)22-18-9-5-3-7-15(18)16-8-4-6-10-19(16)22/h3-12H,1-2H3. The number of para-hydroxylation sites is 2. The van der Waals surface area contributed by atoms with Gasteiger partial charge in [0.05, 0.1) is 11.0 Å². The second-order valence-corrected chi connectivity index (χ2v) is 6.61. The molecule has 4 aromatic rings. The van der Waals surface area contributed by atoms with Crippen molar-refractivity contribution in [2.45, 2.75) is 13.8 Å². The normalized spacial score (nSPS) is 11.4. The number of fused-ring (bicyclic) bond motifs is 3. The van der Waals surface area contributed by atoms with Crippen LogP contribution in [0.1, 0.15) is 11.1 Å². The fraction of sp³-hybridized carbons (Fsp3) is 0.100. The van der Waals surface area contributed by atoms with Crippen LogP contribution in [0.4, 0.5) is 0 Å². The summed E-state index contributed by atoms with van der Waals surface area (Å²) in [5, 5.41) is 2.61. The van der Waals surface area contributed by atoms with Crippen LogP contribution in [0.15, 0.2) is 65.1 Å². The van der Waals surface area contributed by atoms with Crippen molar-refractivity contribution in [3.8, 4) is 5.69 Å². The SMILES string of the molecule is Cc1cc(-n2c3ccccc3c3ccccc32)c(C)cc1Br. The largest absolute Gasteiger partial charge is 0.309 e. The summed E-state index contributed by atoms with van der Waals surface area (Å²) < 4.78 is 3.54. The molecule has 1 heterocycles. The zero-order valence-corrected chi connectivity index (χ0v) is 14.2. The van der Waals surface area contributed by atoms with Crippen LogP contribution in [0.5, 0.6) is 0 Å². The van der Waals surface area contributed by atoms with Gasteiger partial charge in [0.2, 0.25) is 0 Å². The second kappa shape index (κ2) is 4.99. The molecular formula is C20H16BrN. The Morgan fingerprint density at radius 3 is 1.86 bits per heavy atom. The van der Waals surface area contributed by atoms with E-state index in [-0.39, 0.29) is 0 Å². The van der Waals surface area contributed by atoms with E-state index in [0.29, 0.717) is 0 Å². The summed E-state index contributed by atoms with van der Waals surface area (Å²) in [7, 11) is 0. The van der Waals surface area contributed by atoms with Gasteiger partial charge >= 0.3 is 0 Å². The Balaban J connectivity index is 2.20. The smallest absolute Gasteiger partial charge is 0.0541 e. The molecule has 0 atom stereocenters. The summed E-state index contributed by atoms with van der Waals surface area (Å²) in [4.78, 5) is 0. The second-order valence-electron chi connectivity index (χ2n) is 5.76. The molecular weight excluding hydrogens is 334 g/mol. The number of aromatic nitrogens is 1. The van der Waals surface area contributed by atoms with Gasteiger partial charge in [-0.2, -0.15) is 0 Å². The number of halogens is 1. The van der Waals surface area contributed by atoms with Gasteiger partial charge in [0.15, 0.2) is 0 Å². The zero-order chi connectivity index (χ0) is 15.3. The van der Waals surface area contributed by atoms with Crippen molar-refractivity contribution in [1.82, 2.24) is 4.57 Å². The Labute approximate surface area is 138 Å². The number of rotatable bonds is 1. The predicted octanol–water partition coefficient (Wildman–Crippen LogP) is 6.16. The molecule has 3 aromatic carbocycles. The Bertz CT molecular complexity index is 958. The molecule has 0 N–H and O–H groups in total. The van der Waals surface area contributed by atoms with Crippen LogP contribution in [0, 0.1) is 13.8 Å². The molecule has 0 spiro atoms. The molecule has 1 aromatic heterocycles. The quantitative estimate of drug-likeness (QED) is 0.387. The number of hydrogen-bond acceptors (Lipinski definition) is 0. The Kier molecular flexibility index (Phi) is 3.08. The van der Waals surface area contributed by atoms with Gasteiger partial charge in [-0.1, -0.05) is 52.3 Å². The third-order valence-corrected chi connectivity index (χ3v) is 5.15. The van der Waals surface area contributed by atoms with Crippen LogP contribution in [0.25, 0.3) is 27.5 Å². The summed E-state index contributed by atoms with van der Waals surface area (Å²) in [5.41, 5.74) is 6.28. The molecule has 0 amide bonds. The summed E-state index contributed by atoms with van der Waals surface area (Å²) in [6, 6.07) is 21.7. The molecule has 0 fully saturated rings. The maximum absolute atomic E-state index is 3.63. The lowest BCUT2D eigenvalue weighted by atomic mass is 10.1. The average Bonchev–Trinajstić information content (AvgIpc) is 2.86. The fourth-order valence-corrected chi connectivity index (χ4v) is 3.65. The predicted molar refractivity (Wildman–Crippen MR) is 98.0 cm³/mol. The Morgan fingerprint density at radius 1 is 0.727 bits per heavy atom. The van der Waals surface area contributed by atoms with Gasteiger partial charge in [-0.15, -0.1) is 0 Å². The van der Waals surface area contributed by atoms with Crippen molar-refractivity contribution in [1.29, 1.82) is 0 Å². The van der Waals surface area contributed by atoms with Gasteiger partial charge in [0, 0.05) is 20.9 Å². The van der Waals surface area contributed by atoms with Crippen LogP contribution >= 0.6 is 15.9 Å². The first-order valence-corrected chi connectivity index (χ1v) is 8.21. The maximum atomic E-state index is 3.63. The molecule has 0 unspecified atom stereocenters. The third kappa shape index (κ3) is 1.91. The number of nitrogens with zero attached hydrogens (tertiary/aromatic N) is 1. The summed E-state index contributed by atoms with van der Waals surface area (Å²) in [5.74, 6) is 0. The monoisotopic (exact) mass is 349 g/mol. The lowest BCUT2D eigenvalue weighted by molar-refractivity contribution is 1.14. The Morgan fingerprint density at radius 2 is 1.27 bits per heavy atom. The molecule has 22 heavy (non-hydrogen) atoms. The topological polar surface area (TPSA) is 4.93 Å². The molecule has 0 radical (unpaired) electrons. The van der Waals surface area contributed by atoms with Crippen LogP contribution in [-0.2, 0) is 0 Å². The molecule has 4 rings (SSSR count). The van der Waals surface area contributed by atoms with E-state index in [1.807, 2.05) is 0 Å². The molecule has 0 saturated carbocycles. The lowest BCUT2D eigenvalue weighted by Crippen LogP contribution is -1.98. The van der Waals surface area contributed by atoms with E-state index in [4.69, 9.17) is 0 Å². The number of benzene rings is 3. The minimum absolute atomic E-state index is 1.16. The van der Waals surface area contributed by atoms with E-state index < -0.39 is 0 Å². The summed E-state index contributed by atoms with van der Waals surface area (Å²) in [6.45, 7) is 4.31.